The lowest BCUT2D eigenvalue weighted by Gasteiger charge is -2.02. The molecule has 0 bridgehead atoms. The van der Waals surface area contributed by atoms with Gasteiger partial charge in [-0.25, -0.2) is 10.1 Å². The molecule has 5 heteroatoms. The van der Waals surface area contributed by atoms with Crippen molar-refractivity contribution in [2.75, 3.05) is 0 Å². The van der Waals surface area contributed by atoms with Crippen LogP contribution < -0.4 is 5.56 Å². The summed E-state index contributed by atoms with van der Waals surface area (Å²) in [7, 11) is 0. The predicted octanol–water partition coefficient (Wildman–Crippen LogP) is 2.47. The summed E-state index contributed by atoms with van der Waals surface area (Å²) in [5, 5.41) is 6.89. The van der Waals surface area contributed by atoms with Crippen LogP contribution in [0.25, 0.3) is 10.9 Å². The molecule has 1 N–H and O–H groups in total. The highest BCUT2D eigenvalue weighted by Gasteiger charge is 2.03. The number of nitrogens with zero attached hydrogens (tertiary/aromatic N) is 2. The SMILES string of the molecule is O=c1[nH]ncc2cc(Sc3ccccc3)cnc12. The van der Waals surface area contributed by atoms with Gasteiger partial charge in [-0.3, -0.25) is 4.79 Å². The summed E-state index contributed by atoms with van der Waals surface area (Å²) in [5.74, 6) is 0. The average molecular weight is 255 g/mol. The maximum atomic E-state index is 11.5. The third-order valence-electron chi connectivity index (χ3n) is 2.46. The van der Waals surface area contributed by atoms with Gasteiger partial charge in [0.15, 0.2) is 0 Å². The van der Waals surface area contributed by atoms with Crippen molar-refractivity contribution in [1.29, 1.82) is 0 Å². The first-order valence-electron chi connectivity index (χ1n) is 5.39. The molecule has 0 radical (unpaired) electrons. The van der Waals surface area contributed by atoms with Gasteiger partial charge in [0.2, 0.25) is 0 Å². The molecular weight excluding hydrogens is 246 g/mol. The molecular formula is C13H9N3OS. The topological polar surface area (TPSA) is 58.6 Å². The minimum atomic E-state index is -0.260. The third kappa shape index (κ3) is 2.12. The number of aromatic nitrogens is 3. The Kier molecular flexibility index (Phi) is 2.82. The smallest absolute Gasteiger partial charge is 0.266 e. The van der Waals surface area contributed by atoms with Crippen LogP contribution >= 0.6 is 11.8 Å². The Labute approximate surface area is 107 Å². The highest BCUT2D eigenvalue weighted by Crippen LogP contribution is 2.27. The molecule has 0 fully saturated rings. The monoisotopic (exact) mass is 255 g/mol. The van der Waals surface area contributed by atoms with Crippen molar-refractivity contribution >= 4 is 22.7 Å². The van der Waals surface area contributed by atoms with Gasteiger partial charge < -0.3 is 0 Å². The number of nitrogens with one attached hydrogen (secondary N) is 1. The van der Waals surface area contributed by atoms with Gasteiger partial charge in [-0.2, -0.15) is 5.10 Å². The van der Waals surface area contributed by atoms with E-state index >= 15 is 0 Å². The number of hydrogen-bond donors (Lipinski definition) is 1. The molecule has 2 aromatic heterocycles. The maximum Gasteiger partial charge on any atom is 0.290 e. The first-order chi connectivity index (χ1) is 8.83. The number of fused-ring (bicyclic) bond motifs is 1. The first kappa shape index (κ1) is 11.0. The molecule has 1 aromatic carbocycles. The summed E-state index contributed by atoms with van der Waals surface area (Å²) in [5.41, 5.74) is 0.158. The second-order valence-corrected chi connectivity index (χ2v) is 4.87. The van der Waals surface area contributed by atoms with Gasteiger partial charge in [-0.1, -0.05) is 30.0 Å². The molecule has 3 rings (SSSR count). The van der Waals surface area contributed by atoms with Crippen molar-refractivity contribution in [3.05, 3.63) is 59.1 Å². The van der Waals surface area contributed by atoms with E-state index in [-0.39, 0.29) is 5.56 Å². The third-order valence-corrected chi connectivity index (χ3v) is 3.42. The van der Waals surface area contributed by atoms with E-state index in [1.807, 2.05) is 36.4 Å². The molecule has 2 heterocycles. The number of hydrogen-bond acceptors (Lipinski definition) is 4. The van der Waals surface area contributed by atoms with E-state index in [1.54, 1.807) is 24.2 Å². The van der Waals surface area contributed by atoms with E-state index in [1.165, 1.54) is 0 Å². The summed E-state index contributed by atoms with van der Waals surface area (Å²) in [6.45, 7) is 0. The standard InChI is InChI=1S/C13H9N3OS/c17-13-12-9(7-15-16-13)6-11(8-14-12)18-10-4-2-1-3-5-10/h1-8H,(H,16,17). The Balaban J connectivity index is 2.02. The van der Waals surface area contributed by atoms with E-state index in [0.717, 1.165) is 15.2 Å². The Morgan fingerprint density at radius 3 is 2.72 bits per heavy atom. The number of H-pyrrole nitrogens is 1. The van der Waals surface area contributed by atoms with Crippen molar-refractivity contribution in [2.45, 2.75) is 9.79 Å². The van der Waals surface area contributed by atoms with Gasteiger partial charge >= 0.3 is 0 Å². The molecule has 0 atom stereocenters. The lowest BCUT2D eigenvalue weighted by Crippen LogP contribution is -2.08. The highest BCUT2D eigenvalue weighted by molar-refractivity contribution is 7.99. The van der Waals surface area contributed by atoms with E-state index in [9.17, 15) is 4.79 Å². The van der Waals surface area contributed by atoms with Crippen LogP contribution in [0, 0.1) is 0 Å². The summed E-state index contributed by atoms with van der Waals surface area (Å²) in [6.07, 6.45) is 3.31. The van der Waals surface area contributed by atoms with Crippen LogP contribution in [0.15, 0.2) is 63.4 Å². The fourth-order valence-electron chi connectivity index (χ4n) is 1.64. The zero-order valence-electron chi connectivity index (χ0n) is 9.33. The summed E-state index contributed by atoms with van der Waals surface area (Å²) >= 11 is 1.61. The lowest BCUT2D eigenvalue weighted by atomic mass is 10.3. The predicted molar refractivity (Wildman–Crippen MR) is 70.7 cm³/mol. The van der Waals surface area contributed by atoms with Crippen LogP contribution in [-0.2, 0) is 0 Å². The Morgan fingerprint density at radius 2 is 1.89 bits per heavy atom. The summed E-state index contributed by atoms with van der Waals surface area (Å²) in [6, 6.07) is 11.9. The Morgan fingerprint density at radius 1 is 1.06 bits per heavy atom. The molecule has 0 aliphatic carbocycles. The molecule has 0 amide bonds. The van der Waals surface area contributed by atoms with Gasteiger partial charge in [-0.05, 0) is 18.2 Å². The highest BCUT2D eigenvalue weighted by atomic mass is 32.2. The fourth-order valence-corrected chi connectivity index (χ4v) is 2.50. The first-order valence-corrected chi connectivity index (χ1v) is 6.21. The van der Waals surface area contributed by atoms with Crippen LogP contribution in [0.2, 0.25) is 0 Å². The zero-order valence-corrected chi connectivity index (χ0v) is 10.1. The molecule has 0 aliphatic heterocycles. The van der Waals surface area contributed by atoms with Crippen LogP contribution in [0.4, 0.5) is 0 Å². The van der Waals surface area contributed by atoms with Crippen molar-refractivity contribution in [3.8, 4) is 0 Å². The number of pyridine rings is 1. The second-order valence-electron chi connectivity index (χ2n) is 3.72. The van der Waals surface area contributed by atoms with E-state index in [4.69, 9.17) is 0 Å². The molecule has 3 aromatic rings. The minimum absolute atomic E-state index is 0.260. The summed E-state index contributed by atoms with van der Waals surface area (Å²) < 4.78 is 0. The van der Waals surface area contributed by atoms with Gasteiger partial charge in [0.1, 0.15) is 5.52 Å². The molecule has 18 heavy (non-hydrogen) atoms. The second kappa shape index (κ2) is 4.62. The van der Waals surface area contributed by atoms with Gasteiger partial charge in [0.05, 0.1) is 6.20 Å². The number of rotatable bonds is 2. The van der Waals surface area contributed by atoms with E-state index in [2.05, 4.69) is 15.2 Å². The summed E-state index contributed by atoms with van der Waals surface area (Å²) in [4.78, 5) is 17.8. The van der Waals surface area contributed by atoms with Crippen molar-refractivity contribution < 1.29 is 0 Å². The molecule has 0 unspecified atom stereocenters. The molecule has 0 spiro atoms. The van der Waals surface area contributed by atoms with Crippen molar-refractivity contribution in [2.24, 2.45) is 0 Å². The molecule has 0 aliphatic rings. The quantitative estimate of drug-likeness (QED) is 0.764. The molecule has 88 valence electrons. The van der Waals surface area contributed by atoms with Crippen molar-refractivity contribution in [1.82, 2.24) is 15.2 Å². The van der Waals surface area contributed by atoms with Crippen LogP contribution in [0.5, 0.6) is 0 Å². The van der Waals surface area contributed by atoms with E-state index < -0.39 is 0 Å². The van der Waals surface area contributed by atoms with Gasteiger partial charge in [0.25, 0.3) is 5.56 Å². The number of aromatic amines is 1. The molecule has 4 nitrogen and oxygen atoms in total. The van der Waals surface area contributed by atoms with Crippen LogP contribution in [0.1, 0.15) is 0 Å². The lowest BCUT2D eigenvalue weighted by molar-refractivity contribution is 1.00. The van der Waals surface area contributed by atoms with E-state index in [0.29, 0.717) is 5.52 Å². The minimum Gasteiger partial charge on any atom is -0.266 e. The Bertz CT molecular complexity index is 740. The van der Waals surface area contributed by atoms with Crippen molar-refractivity contribution in [3.63, 3.8) is 0 Å². The average Bonchev–Trinajstić information content (AvgIpc) is 2.40. The zero-order chi connectivity index (χ0) is 12.4. The van der Waals surface area contributed by atoms with Gasteiger partial charge in [0, 0.05) is 21.4 Å². The normalized spacial score (nSPS) is 10.7. The van der Waals surface area contributed by atoms with Crippen LogP contribution in [0.3, 0.4) is 0 Å². The van der Waals surface area contributed by atoms with Crippen LogP contribution in [-0.4, -0.2) is 15.2 Å². The molecule has 0 saturated heterocycles. The van der Waals surface area contributed by atoms with Gasteiger partial charge in [-0.15, -0.1) is 0 Å². The molecule has 0 saturated carbocycles. The maximum absolute atomic E-state index is 11.5. The fraction of sp³-hybridized carbons (Fsp3) is 0. The Hall–Kier alpha value is -2.14. The number of benzene rings is 1. The largest absolute Gasteiger partial charge is 0.290 e.